The van der Waals surface area contributed by atoms with Crippen LogP contribution in [0, 0.1) is 0 Å². The number of H-pyrrole nitrogens is 1. The van der Waals surface area contributed by atoms with Gasteiger partial charge in [-0.05, 0) is 20.3 Å². The average Bonchev–Trinajstić information content (AvgIpc) is 2.70. The van der Waals surface area contributed by atoms with Gasteiger partial charge in [0.25, 0.3) is 5.91 Å². The molecular formula is C13H23N5O2. The van der Waals surface area contributed by atoms with Crippen molar-refractivity contribution in [1.82, 2.24) is 20.8 Å². The molecule has 0 saturated carbocycles. The third kappa shape index (κ3) is 4.56. The fourth-order valence-electron chi connectivity index (χ4n) is 1.77. The van der Waals surface area contributed by atoms with Crippen molar-refractivity contribution in [1.29, 1.82) is 0 Å². The number of aromatic nitrogens is 2. The lowest BCUT2D eigenvalue weighted by atomic mass is 10.2. The predicted molar refractivity (Wildman–Crippen MR) is 77.2 cm³/mol. The number of nitrogens with two attached hydrogens (primary N) is 1. The van der Waals surface area contributed by atoms with Gasteiger partial charge in [0.15, 0.2) is 5.69 Å². The fraction of sp³-hybridized carbons (Fsp3) is 0.615. The van der Waals surface area contributed by atoms with E-state index in [1.54, 1.807) is 0 Å². The zero-order valence-corrected chi connectivity index (χ0v) is 12.2. The lowest BCUT2D eigenvalue weighted by molar-refractivity contribution is -0.121. The highest BCUT2D eigenvalue weighted by Gasteiger charge is 2.16. The fourth-order valence-corrected chi connectivity index (χ4v) is 1.77. The Kier molecular flexibility index (Phi) is 6.02. The summed E-state index contributed by atoms with van der Waals surface area (Å²) >= 11 is 0. The molecule has 112 valence electrons. The Morgan fingerprint density at radius 1 is 1.40 bits per heavy atom. The van der Waals surface area contributed by atoms with E-state index in [1.807, 2.05) is 20.8 Å². The quantitative estimate of drug-likeness (QED) is 0.585. The van der Waals surface area contributed by atoms with E-state index >= 15 is 0 Å². The van der Waals surface area contributed by atoms with Gasteiger partial charge in [-0.15, -0.1) is 0 Å². The molecule has 1 aromatic rings. The van der Waals surface area contributed by atoms with Crippen LogP contribution >= 0.6 is 0 Å². The van der Waals surface area contributed by atoms with Crippen molar-refractivity contribution >= 4 is 17.5 Å². The van der Waals surface area contributed by atoms with E-state index < -0.39 is 0 Å². The number of hydrogen-bond acceptors (Lipinski definition) is 4. The van der Waals surface area contributed by atoms with Crippen molar-refractivity contribution < 1.29 is 9.59 Å². The zero-order valence-electron chi connectivity index (χ0n) is 12.2. The maximum absolute atomic E-state index is 11.9. The van der Waals surface area contributed by atoms with E-state index in [2.05, 4.69) is 20.8 Å². The second kappa shape index (κ2) is 7.52. The highest BCUT2D eigenvalue weighted by molar-refractivity contribution is 5.97. The first-order chi connectivity index (χ1) is 9.45. The first-order valence-electron chi connectivity index (χ1n) is 6.86. The van der Waals surface area contributed by atoms with E-state index in [4.69, 9.17) is 5.73 Å². The Balaban J connectivity index is 2.45. The maximum Gasteiger partial charge on any atom is 0.273 e. The van der Waals surface area contributed by atoms with Gasteiger partial charge in [0.1, 0.15) is 0 Å². The molecule has 1 heterocycles. The normalized spacial score (nSPS) is 10.6. The van der Waals surface area contributed by atoms with Gasteiger partial charge >= 0.3 is 0 Å². The monoisotopic (exact) mass is 281 g/mol. The van der Waals surface area contributed by atoms with Crippen LogP contribution in [0.3, 0.4) is 0 Å². The van der Waals surface area contributed by atoms with Crippen LogP contribution in [0.15, 0.2) is 0 Å². The number of nitrogen functional groups attached to an aromatic ring is 1. The number of carbonyl (C=O) groups is 2. The van der Waals surface area contributed by atoms with E-state index in [0.29, 0.717) is 5.69 Å². The summed E-state index contributed by atoms with van der Waals surface area (Å²) < 4.78 is 0. The summed E-state index contributed by atoms with van der Waals surface area (Å²) in [5.41, 5.74) is 7.20. The number of carbonyl (C=O) groups excluding carboxylic acids is 2. The minimum atomic E-state index is -0.363. The third-order valence-corrected chi connectivity index (χ3v) is 2.69. The van der Waals surface area contributed by atoms with E-state index in [9.17, 15) is 9.59 Å². The van der Waals surface area contributed by atoms with Gasteiger partial charge in [0.05, 0.1) is 11.4 Å². The highest BCUT2D eigenvalue weighted by Crippen LogP contribution is 2.15. The van der Waals surface area contributed by atoms with Crippen LogP contribution in [0.4, 0.5) is 5.69 Å². The van der Waals surface area contributed by atoms with Gasteiger partial charge in [0, 0.05) is 19.0 Å². The molecule has 0 fully saturated rings. The average molecular weight is 281 g/mol. The molecule has 0 spiro atoms. The van der Waals surface area contributed by atoms with Crippen molar-refractivity contribution in [2.24, 2.45) is 0 Å². The molecule has 0 aliphatic heterocycles. The Morgan fingerprint density at radius 3 is 2.70 bits per heavy atom. The molecule has 20 heavy (non-hydrogen) atoms. The van der Waals surface area contributed by atoms with E-state index in [-0.39, 0.29) is 36.5 Å². The maximum atomic E-state index is 11.9. The number of aryl methyl sites for hydroxylation is 1. The summed E-state index contributed by atoms with van der Waals surface area (Å²) in [5, 5.41) is 12.1. The van der Waals surface area contributed by atoms with Crippen LogP contribution < -0.4 is 16.4 Å². The van der Waals surface area contributed by atoms with Crippen molar-refractivity contribution in [3.8, 4) is 0 Å². The number of aromatic amines is 1. The van der Waals surface area contributed by atoms with Gasteiger partial charge in [-0.3, -0.25) is 14.7 Å². The van der Waals surface area contributed by atoms with Crippen molar-refractivity contribution in [3.63, 3.8) is 0 Å². The first-order valence-corrected chi connectivity index (χ1v) is 6.86. The molecule has 0 unspecified atom stereocenters. The predicted octanol–water partition coefficient (Wildman–Crippen LogP) is 0.589. The van der Waals surface area contributed by atoms with Gasteiger partial charge in [-0.1, -0.05) is 13.3 Å². The number of hydrogen-bond donors (Lipinski definition) is 4. The largest absolute Gasteiger partial charge is 0.395 e. The summed E-state index contributed by atoms with van der Waals surface area (Å²) in [6, 6.07) is 0.0942. The molecule has 7 nitrogen and oxygen atoms in total. The Hall–Kier alpha value is -2.05. The summed E-state index contributed by atoms with van der Waals surface area (Å²) in [4.78, 5) is 23.3. The second-order valence-electron chi connectivity index (χ2n) is 4.94. The van der Waals surface area contributed by atoms with E-state index in [0.717, 1.165) is 18.5 Å². The molecule has 1 rings (SSSR count). The molecular weight excluding hydrogens is 258 g/mol. The lowest BCUT2D eigenvalue weighted by Gasteiger charge is -2.08. The van der Waals surface area contributed by atoms with Crippen LogP contribution in [0.25, 0.3) is 0 Å². The van der Waals surface area contributed by atoms with Crippen LogP contribution in [-0.2, 0) is 11.2 Å². The highest BCUT2D eigenvalue weighted by atomic mass is 16.2. The molecule has 0 aromatic carbocycles. The minimum Gasteiger partial charge on any atom is -0.395 e. The summed E-state index contributed by atoms with van der Waals surface area (Å²) in [5.74, 6) is -0.458. The van der Waals surface area contributed by atoms with Gasteiger partial charge in [-0.25, -0.2) is 0 Å². The van der Waals surface area contributed by atoms with Gasteiger partial charge in [0.2, 0.25) is 5.91 Å². The molecule has 0 aliphatic carbocycles. The summed E-state index contributed by atoms with van der Waals surface area (Å²) in [6.07, 6.45) is 1.90. The summed E-state index contributed by atoms with van der Waals surface area (Å²) in [7, 11) is 0. The molecule has 2 amide bonds. The van der Waals surface area contributed by atoms with E-state index in [1.165, 1.54) is 0 Å². The van der Waals surface area contributed by atoms with Crippen LogP contribution in [0.1, 0.15) is 49.8 Å². The number of amides is 2. The number of nitrogens with zero attached hydrogens (tertiary/aromatic N) is 1. The molecule has 0 saturated heterocycles. The molecule has 0 atom stereocenters. The zero-order chi connectivity index (χ0) is 15.1. The standard InChI is InChI=1S/C13H23N5O2/c1-4-5-9-11(14)12(18-17-9)13(20)15-7-6-10(19)16-8(2)3/h8H,4-7,14H2,1-3H3,(H,15,20)(H,16,19)(H,17,18). The Labute approximate surface area is 118 Å². The smallest absolute Gasteiger partial charge is 0.273 e. The minimum absolute atomic E-state index is 0.0942. The van der Waals surface area contributed by atoms with Gasteiger partial charge < -0.3 is 16.4 Å². The molecule has 0 bridgehead atoms. The number of rotatable bonds is 7. The van der Waals surface area contributed by atoms with Crippen molar-refractivity contribution in [2.45, 2.75) is 46.1 Å². The lowest BCUT2D eigenvalue weighted by Crippen LogP contribution is -2.34. The van der Waals surface area contributed by atoms with Crippen LogP contribution in [-0.4, -0.2) is 34.6 Å². The van der Waals surface area contributed by atoms with Crippen molar-refractivity contribution in [2.75, 3.05) is 12.3 Å². The molecule has 1 aromatic heterocycles. The second-order valence-corrected chi connectivity index (χ2v) is 4.94. The molecule has 5 N–H and O–H groups in total. The summed E-state index contributed by atoms with van der Waals surface area (Å²) in [6.45, 7) is 6.05. The van der Waals surface area contributed by atoms with Crippen molar-refractivity contribution in [3.05, 3.63) is 11.4 Å². The third-order valence-electron chi connectivity index (χ3n) is 2.69. The Bertz CT molecular complexity index is 467. The van der Waals surface area contributed by atoms with Gasteiger partial charge in [-0.2, -0.15) is 5.10 Å². The molecule has 7 heteroatoms. The number of nitrogens with one attached hydrogen (secondary N) is 3. The first kappa shape index (κ1) is 16.0. The Morgan fingerprint density at radius 2 is 2.10 bits per heavy atom. The SMILES string of the molecule is CCCc1[nH]nc(C(=O)NCCC(=O)NC(C)C)c1N. The molecule has 0 aliphatic rings. The topological polar surface area (TPSA) is 113 Å². The van der Waals surface area contributed by atoms with Crippen LogP contribution in [0.5, 0.6) is 0 Å². The van der Waals surface area contributed by atoms with Crippen LogP contribution in [0.2, 0.25) is 0 Å². The molecule has 0 radical (unpaired) electrons. The number of anilines is 1.